The van der Waals surface area contributed by atoms with Gasteiger partial charge in [-0.05, 0) is 37.4 Å². The highest BCUT2D eigenvalue weighted by Crippen LogP contribution is 2.27. The molecule has 2 fully saturated rings. The zero-order valence-corrected chi connectivity index (χ0v) is 12.4. The van der Waals surface area contributed by atoms with E-state index in [1.165, 1.54) is 18.9 Å². The molecular formula is C17H23FN2O. The highest BCUT2D eigenvalue weighted by atomic mass is 19.1. The van der Waals surface area contributed by atoms with E-state index in [2.05, 4.69) is 10.2 Å². The number of nitrogens with one attached hydrogen (secondary N) is 1. The maximum absolute atomic E-state index is 13.7. The number of hydrogen-bond acceptors (Lipinski definition) is 2. The first-order valence-corrected chi connectivity index (χ1v) is 7.98. The molecule has 3 rings (SSSR count). The number of halogens is 1. The first-order valence-electron chi connectivity index (χ1n) is 7.98. The maximum Gasteiger partial charge on any atom is 0.220 e. The summed E-state index contributed by atoms with van der Waals surface area (Å²) in [4.78, 5) is 13.9. The van der Waals surface area contributed by atoms with Crippen LogP contribution in [0.3, 0.4) is 0 Å². The standard InChI is InChI=1S/C17H23FN2O/c18-15-6-2-1-5-13(15)8-10-20-9-4-3-7-16(20)14-11-17(21)19-12-14/h1-2,5-6,14,16H,3-4,7-12H2,(H,19,21)/t14-,16-/m0/s1. The second-order valence-electron chi connectivity index (χ2n) is 6.21. The van der Waals surface area contributed by atoms with Crippen molar-refractivity contribution < 1.29 is 9.18 Å². The largest absolute Gasteiger partial charge is 0.356 e. The minimum atomic E-state index is -0.108. The first-order chi connectivity index (χ1) is 10.2. The molecule has 0 radical (unpaired) electrons. The van der Waals surface area contributed by atoms with Crippen LogP contribution in [-0.2, 0) is 11.2 Å². The highest BCUT2D eigenvalue weighted by Gasteiger charge is 2.34. The molecule has 114 valence electrons. The molecule has 1 amide bonds. The average Bonchev–Trinajstić information content (AvgIpc) is 2.93. The number of likely N-dealkylation sites (tertiary alicyclic amines) is 1. The lowest BCUT2D eigenvalue weighted by Crippen LogP contribution is -2.45. The summed E-state index contributed by atoms with van der Waals surface area (Å²) in [5.74, 6) is 0.502. The minimum absolute atomic E-state index is 0.108. The number of benzene rings is 1. The van der Waals surface area contributed by atoms with Crippen molar-refractivity contribution in [1.29, 1.82) is 0 Å². The predicted molar refractivity (Wildman–Crippen MR) is 80.4 cm³/mol. The van der Waals surface area contributed by atoms with Crippen LogP contribution in [0.5, 0.6) is 0 Å². The lowest BCUT2D eigenvalue weighted by molar-refractivity contribution is -0.119. The van der Waals surface area contributed by atoms with Gasteiger partial charge in [-0.1, -0.05) is 24.6 Å². The lowest BCUT2D eigenvalue weighted by atomic mass is 9.89. The summed E-state index contributed by atoms with van der Waals surface area (Å²) < 4.78 is 13.7. The van der Waals surface area contributed by atoms with E-state index in [-0.39, 0.29) is 11.7 Å². The lowest BCUT2D eigenvalue weighted by Gasteiger charge is -2.38. The second kappa shape index (κ2) is 6.56. The Balaban J connectivity index is 1.62. The van der Waals surface area contributed by atoms with Crippen molar-refractivity contribution in [3.8, 4) is 0 Å². The molecule has 2 saturated heterocycles. The van der Waals surface area contributed by atoms with Gasteiger partial charge in [0.05, 0.1) is 0 Å². The summed E-state index contributed by atoms with van der Waals surface area (Å²) in [7, 11) is 0. The fraction of sp³-hybridized carbons (Fsp3) is 0.588. The fourth-order valence-corrected chi connectivity index (χ4v) is 3.69. The van der Waals surface area contributed by atoms with E-state index in [9.17, 15) is 9.18 Å². The molecule has 1 aromatic rings. The van der Waals surface area contributed by atoms with Crippen LogP contribution in [-0.4, -0.2) is 36.5 Å². The van der Waals surface area contributed by atoms with Gasteiger partial charge >= 0.3 is 0 Å². The number of nitrogens with zero attached hydrogens (tertiary/aromatic N) is 1. The van der Waals surface area contributed by atoms with Crippen molar-refractivity contribution >= 4 is 5.91 Å². The van der Waals surface area contributed by atoms with E-state index < -0.39 is 0 Å². The summed E-state index contributed by atoms with van der Waals surface area (Å²) in [5, 5.41) is 2.94. The molecule has 0 aliphatic carbocycles. The Hall–Kier alpha value is -1.42. The van der Waals surface area contributed by atoms with Gasteiger partial charge in [0.15, 0.2) is 0 Å². The van der Waals surface area contributed by atoms with E-state index in [1.807, 2.05) is 12.1 Å². The van der Waals surface area contributed by atoms with Crippen molar-refractivity contribution in [3.05, 3.63) is 35.6 Å². The third-order valence-corrected chi connectivity index (χ3v) is 4.84. The summed E-state index contributed by atoms with van der Waals surface area (Å²) >= 11 is 0. The number of amides is 1. The van der Waals surface area contributed by atoms with Gasteiger partial charge in [0.2, 0.25) is 5.91 Å². The van der Waals surface area contributed by atoms with E-state index in [1.54, 1.807) is 6.07 Å². The zero-order valence-electron chi connectivity index (χ0n) is 12.4. The minimum Gasteiger partial charge on any atom is -0.356 e. The quantitative estimate of drug-likeness (QED) is 0.923. The van der Waals surface area contributed by atoms with Crippen molar-refractivity contribution in [2.24, 2.45) is 5.92 Å². The molecule has 2 heterocycles. The van der Waals surface area contributed by atoms with Crippen LogP contribution >= 0.6 is 0 Å². The number of carbonyl (C=O) groups excluding carboxylic acids is 1. The van der Waals surface area contributed by atoms with Crippen molar-refractivity contribution in [1.82, 2.24) is 10.2 Å². The van der Waals surface area contributed by atoms with E-state index in [4.69, 9.17) is 0 Å². The molecule has 0 aromatic heterocycles. The van der Waals surface area contributed by atoms with Crippen molar-refractivity contribution in [2.45, 2.75) is 38.1 Å². The normalized spacial score (nSPS) is 26.8. The van der Waals surface area contributed by atoms with Gasteiger partial charge in [0.1, 0.15) is 5.82 Å². The Bertz CT molecular complexity index is 505. The molecular weight excluding hydrogens is 267 g/mol. The van der Waals surface area contributed by atoms with E-state index in [0.29, 0.717) is 18.4 Å². The van der Waals surface area contributed by atoms with Gasteiger partial charge < -0.3 is 5.32 Å². The molecule has 4 heteroatoms. The van der Waals surface area contributed by atoms with Crippen LogP contribution in [0.4, 0.5) is 4.39 Å². The number of piperidine rings is 1. The SMILES string of the molecule is O=C1C[C@H]([C@@H]2CCCCN2CCc2ccccc2F)CN1. The van der Waals surface area contributed by atoms with Gasteiger partial charge in [-0.2, -0.15) is 0 Å². The van der Waals surface area contributed by atoms with Gasteiger partial charge in [-0.15, -0.1) is 0 Å². The third-order valence-electron chi connectivity index (χ3n) is 4.84. The summed E-state index contributed by atoms with van der Waals surface area (Å²) in [6.45, 7) is 2.76. The Labute approximate surface area is 125 Å². The summed E-state index contributed by atoms with van der Waals surface area (Å²) in [6, 6.07) is 7.51. The topological polar surface area (TPSA) is 32.3 Å². The highest BCUT2D eigenvalue weighted by molar-refractivity contribution is 5.78. The van der Waals surface area contributed by atoms with Crippen LogP contribution < -0.4 is 5.32 Å². The molecule has 2 aliphatic heterocycles. The van der Waals surface area contributed by atoms with Crippen LogP contribution in [0, 0.1) is 11.7 Å². The Morgan fingerprint density at radius 3 is 2.90 bits per heavy atom. The van der Waals surface area contributed by atoms with Gasteiger partial charge in [-0.3, -0.25) is 9.69 Å². The van der Waals surface area contributed by atoms with E-state index >= 15 is 0 Å². The summed E-state index contributed by atoms with van der Waals surface area (Å²) in [6.07, 6.45) is 5.02. The van der Waals surface area contributed by atoms with Crippen LogP contribution in [0.1, 0.15) is 31.2 Å². The number of hydrogen-bond donors (Lipinski definition) is 1. The second-order valence-corrected chi connectivity index (χ2v) is 6.21. The van der Waals surface area contributed by atoms with Crippen LogP contribution in [0.15, 0.2) is 24.3 Å². The smallest absolute Gasteiger partial charge is 0.220 e. The molecule has 2 aliphatic rings. The zero-order chi connectivity index (χ0) is 14.7. The molecule has 2 atom stereocenters. The summed E-state index contributed by atoms with van der Waals surface area (Å²) in [5.41, 5.74) is 0.794. The third kappa shape index (κ3) is 3.43. The predicted octanol–water partition coefficient (Wildman–Crippen LogP) is 2.36. The van der Waals surface area contributed by atoms with Crippen LogP contribution in [0.2, 0.25) is 0 Å². The average molecular weight is 290 g/mol. The molecule has 0 bridgehead atoms. The van der Waals surface area contributed by atoms with Gasteiger partial charge in [0, 0.05) is 31.5 Å². The Morgan fingerprint density at radius 2 is 2.14 bits per heavy atom. The first kappa shape index (κ1) is 14.5. The monoisotopic (exact) mass is 290 g/mol. The van der Waals surface area contributed by atoms with Gasteiger partial charge in [0.25, 0.3) is 0 Å². The Morgan fingerprint density at radius 1 is 1.29 bits per heavy atom. The molecule has 1 aromatic carbocycles. The molecule has 21 heavy (non-hydrogen) atoms. The molecule has 1 N–H and O–H groups in total. The number of rotatable bonds is 4. The maximum atomic E-state index is 13.7. The Kier molecular flexibility index (Phi) is 4.54. The van der Waals surface area contributed by atoms with Crippen molar-refractivity contribution in [2.75, 3.05) is 19.6 Å². The molecule has 3 nitrogen and oxygen atoms in total. The van der Waals surface area contributed by atoms with E-state index in [0.717, 1.165) is 38.0 Å². The van der Waals surface area contributed by atoms with Crippen LogP contribution in [0.25, 0.3) is 0 Å². The molecule has 0 unspecified atom stereocenters. The fourth-order valence-electron chi connectivity index (χ4n) is 3.69. The molecule has 0 spiro atoms. The number of carbonyl (C=O) groups is 1. The van der Waals surface area contributed by atoms with Gasteiger partial charge in [-0.25, -0.2) is 4.39 Å². The molecule has 0 saturated carbocycles. The van der Waals surface area contributed by atoms with Crippen molar-refractivity contribution in [3.63, 3.8) is 0 Å².